The number of hydrogen-bond acceptors (Lipinski definition) is 5. The van der Waals surface area contributed by atoms with Gasteiger partial charge in [-0.25, -0.2) is 4.68 Å². The van der Waals surface area contributed by atoms with Crippen LogP contribution in [0.15, 0.2) is 5.16 Å². The summed E-state index contributed by atoms with van der Waals surface area (Å²) < 4.78 is 1.69. The minimum absolute atomic E-state index is 0.497. The topological polar surface area (TPSA) is 55.6 Å². The molecule has 0 aromatic carbocycles. The molecule has 6 heteroatoms. The maximum atomic E-state index is 3.92. The van der Waals surface area contributed by atoms with Crippen molar-refractivity contribution < 1.29 is 0 Å². The normalized spacial score (nSPS) is 13.5. The monoisotopic (exact) mass is 215 g/mol. The molecule has 1 aromatic rings. The third-order valence-corrected chi connectivity index (χ3v) is 3.28. The molecule has 1 N–H and O–H groups in total. The molecule has 1 heterocycles. The Hall–Kier alpha value is -0.620. The fourth-order valence-electron chi connectivity index (χ4n) is 1.12. The van der Waals surface area contributed by atoms with Crippen molar-refractivity contribution in [3.05, 3.63) is 0 Å². The molecule has 1 rings (SSSR count). The van der Waals surface area contributed by atoms with E-state index in [-0.39, 0.29) is 0 Å². The summed E-state index contributed by atoms with van der Waals surface area (Å²) >= 11 is 1.68. The Morgan fingerprint density at radius 3 is 2.64 bits per heavy atom. The molecule has 0 amide bonds. The first-order chi connectivity index (χ1) is 6.65. The van der Waals surface area contributed by atoms with Crippen molar-refractivity contribution in [3.63, 3.8) is 0 Å². The third kappa shape index (κ3) is 2.95. The largest absolute Gasteiger partial charge is 0.316 e. The number of aryl methyl sites for hydroxylation is 1. The maximum Gasteiger partial charge on any atom is 0.209 e. The van der Waals surface area contributed by atoms with Crippen LogP contribution in [0.4, 0.5) is 0 Å². The van der Waals surface area contributed by atoms with Crippen LogP contribution >= 0.6 is 11.8 Å². The Labute approximate surface area is 88.6 Å². The first-order valence-corrected chi connectivity index (χ1v) is 5.66. The van der Waals surface area contributed by atoms with Crippen LogP contribution in [0.3, 0.4) is 0 Å². The van der Waals surface area contributed by atoms with Gasteiger partial charge in [-0.3, -0.25) is 0 Å². The molecule has 5 nitrogen and oxygen atoms in total. The molecule has 80 valence electrons. The van der Waals surface area contributed by atoms with Crippen LogP contribution in [0.1, 0.15) is 13.8 Å². The zero-order valence-electron chi connectivity index (χ0n) is 9.06. The fourth-order valence-corrected chi connectivity index (χ4v) is 2.31. The maximum absolute atomic E-state index is 3.92. The first kappa shape index (κ1) is 11.5. The van der Waals surface area contributed by atoms with Gasteiger partial charge in [-0.2, -0.15) is 0 Å². The molecule has 0 bridgehead atoms. The van der Waals surface area contributed by atoms with Crippen LogP contribution in [0.2, 0.25) is 0 Å². The highest BCUT2D eigenvalue weighted by Gasteiger charge is 2.12. The van der Waals surface area contributed by atoms with Gasteiger partial charge < -0.3 is 5.32 Å². The summed E-state index contributed by atoms with van der Waals surface area (Å²) in [6.45, 7) is 4.41. The molecular formula is C8H17N5S. The van der Waals surface area contributed by atoms with E-state index in [0.29, 0.717) is 12.0 Å². The van der Waals surface area contributed by atoms with Gasteiger partial charge in [0.15, 0.2) is 0 Å². The average Bonchev–Trinajstić information content (AvgIpc) is 2.52. The number of nitrogens with one attached hydrogen (secondary N) is 1. The van der Waals surface area contributed by atoms with Crippen LogP contribution < -0.4 is 5.32 Å². The Balaban J connectivity index is 2.43. The molecular weight excluding hydrogens is 198 g/mol. The van der Waals surface area contributed by atoms with E-state index in [9.17, 15) is 0 Å². The van der Waals surface area contributed by atoms with E-state index in [1.807, 2.05) is 14.1 Å². The van der Waals surface area contributed by atoms with Crippen molar-refractivity contribution >= 4 is 11.8 Å². The zero-order chi connectivity index (χ0) is 10.6. The lowest BCUT2D eigenvalue weighted by atomic mass is 10.1. The van der Waals surface area contributed by atoms with Gasteiger partial charge in [-0.15, -0.1) is 5.10 Å². The lowest BCUT2D eigenvalue weighted by molar-refractivity contribution is 0.465. The average molecular weight is 215 g/mol. The van der Waals surface area contributed by atoms with E-state index in [2.05, 4.69) is 34.7 Å². The van der Waals surface area contributed by atoms with Crippen molar-refractivity contribution in [1.82, 2.24) is 25.5 Å². The van der Waals surface area contributed by atoms with Crippen LogP contribution in [-0.2, 0) is 7.05 Å². The fraction of sp³-hybridized carbons (Fsp3) is 0.875. The van der Waals surface area contributed by atoms with E-state index < -0.39 is 0 Å². The van der Waals surface area contributed by atoms with Gasteiger partial charge >= 0.3 is 0 Å². The van der Waals surface area contributed by atoms with Gasteiger partial charge in [0, 0.05) is 18.8 Å². The standard InChI is InChI=1S/C8H17N5S/c1-6(2)7(9-3)5-14-8-10-11-12-13(8)4/h6-7,9H,5H2,1-4H3. The number of aromatic nitrogens is 4. The first-order valence-electron chi connectivity index (χ1n) is 4.67. The molecule has 1 unspecified atom stereocenters. The van der Waals surface area contributed by atoms with Crippen molar-refractivity contribution in [2.75, 3.05) is 12.8 Å². The molecule has 1 aromatic heterocycles. The predicted molar refractivity (Wildman–Crippen MR) is 57.2 cm³/mol. The molecule has 0 saturated heterocycles. The summed E-state index contributed by atoms with van der Waals surface area (Å²) in [7, 11) is 3.84. The molecule has 0 spiro atoms. The minimum Gasteiger partial charge on any atom is -0.316 e. The quantitative estimate of drug-likeness (QED) is 0.727. The summed E-state index contributed by atoms with van der Waals surface area (Å²) in [5.41, 5.74) is 0. The Morgan fingerprint density at radius 2 is 2.21 bits per heavy atom. The lowest BCUT2D eigenvalue weighted by Crippen LogP contribution is -2.33. The number of rotatable bonds is 5. The summed E-state index contributed by atoms with van der Waals surface area (Å²) in [5.74, 6) is 1.61. The van der Waals surface area contributed by atoms with Crippen molar-refractivity contribution in [1.29, 1.82) is 0 Å². The molecule has 0 saturated carbocycles. The second kappa shape index (κ2) is 5.31. The summed E-state index contributed by atoms with van der Waals surface area (Å²) in [6, 6.07) is 0.497. The summed E-state index contributed by atoms with van der Waals surface area (Å²) in [4.78, 5) is 0. The molecule has 0 aliphatic carbocycles. The molecule has 0 radical (unpaired) electrons. The van der Waals surface area contributed by atoms with Crippen molar-refractivity contribution in [2.24, 2.45) is 13.0 Å². The van der Waals surface area contributed by atoms with Gasteiger partial charge in [0.05, 0.1) is 0 Å². The smallest absolute Gasteiger partial charge is 0.209 e. The summed E-state index contributed by atoms with van der Waals surface area (Å²) in [6.07, 6.45) is 0. The van der Waals surface area contributed by atoms with E-state index in [0.717, 1.165) is 10.9 Å². The summed E-state index contributed by atoms with van der Waals surface area (Å²) in [5, 5.41) is 15.4. The Bertz CT molecular complexity index is 272. The molecule has 0 fully saturated rings. The predicted octanol–water partition coefficient (Wildman–Crippen LogP) is 0.546. The van der Waals surface area contributed by atoms with Crippen LogP contribution in [0.25, 0.3) is 0 Å². The van der Waals surface area contributed by atoms with Gasteiger partial charge in [0.1, 0.15) is 0 Å². The minimum atomic E-state index is 0.497. The van der Waals surface area contributed by atoms with Gasteiger partial charge in [0.2, 0.25) is 5.16 Å². The van der Waals surface area contributed by atoms with Gasteiger partial charge in [-0.05, 0) is 23.4 Å². The number of tetrazole rings is 1. The zero-order valence-corrected chi connectivity index (χ0v) is 9.88. The van der Waals surface area contributed by atoms with Crippen molar-refractivity contribution in [2.45, 2.75) is 25.0 Å². The molecule has 14 heavy (non-hydrogen) atoms. The van der Waals surface area contributed by atoms with Gasteiger partial charge in [-0.1, -0.05) is 25.6 Å². The Morgan fingerprint density at radius 1 is 1.50 bits per heavy atom. The van der Waals surface area contributed by atoms with Crippen molar-refractivity contribution in [3.8, 4) is 0 Å². The van der Waals surface area contributed by atoms with Crippen LogP contribution in [0, 0.1) is 5.92 Å². The van der Waals surface area contributed by atoms with E-state index >= 15 is 0 Å². The van der Waals surface area contributed by atoms with Crippen LogP contribution in [-0.4, -0.2) is 39.0 Å². The van der Waals surface area contributed by atoms with Gasteiger partial charge in [0.25, 0.3) is 0 Å². The SMILES string of the molecule is CNC(CSc1nnnn1C)C(C)C. The van der Waals surface area contributed by atoms with E-state index in [1.165, 1.54) is 0 Å². The molecule has 0 aliphatic heterocycles. The number of hydrogen-bond donors (Lipinski definition) is 1. The highest BCUT2D eigenvalue weighted by Crippen LogP contribution is 2.16. The van der Waals surface area contributed by atoms with Crippen LogP contribution in [0.5, 0.6) is 0 Å². The highest BCUT2D eigenvalue weighted by atomic mass is 32.2. The number of nitrogens with zero attached hydrogens (tertiary/aromatic N) is 4. The molecule has 1 atom stereocenters. The Kier molecular flexibility index (Phi) is 4.34. The number of thioether (sulfide) groups is 1. The highest BCUT2D eigenvalue weighted by molar-refractivity contribution is 7.99. The lowest BCUT2D eigenvalue weighted by Gasteiger charge is -2.18. The van der Waals surface area contributed by atoms with E-state index in [4.69, 9.17) is 0 Å². The molecule has 0 aliphatic rings. The second-order valence-electron chi connectivity index (χ2n) is 3.54. The van der Waals surface area contributed by atoms with E-state index in [1.54, 1.807) is 16.4 Å². The third-order valence-electron chi connectivity index (χ3n) is 2.15. The second-order valence-corrected chi connectivity index (χ2v) is 4.52.